The summed E-state index contributed by atoms with van der Waals surface area (Å²) >= 11 is 0. The standard InChI is InChI=1S/C24H29N5O2/c1-29(2)16-17-5-9-26-23(13-17)28-24-15-19(6-10-27-24)18-3-4-22(21(25)14-18)31-20-7-11-30-12-8-20/h3-6,9-10,13-15,20H,7-8,11-12,16,25H2,1-2H3,(H,26,27,28). The summed E-state index contributed by atoms with van der Waals surface area (Å²) in [5, 5.41) is 3.30. The van der Waals surface area contributed by atoms with Crippen LogP contribution >= 0.6 is 0 Å². The van der Waals surface area contributed by atoms with E-state index in [2.05, 4.69) is 20.2 Å². The second kappa shape index (κ2) is 9.76. The molecule has 0 amide bonds. The van der Waals surface area contributed by atoms with Crippen LogP contribution in [0.25, 0.3) is 11.1 Å². The molecule has 31 heavy (non-hydrogen) atoms. The number of benzene rings is 1. The molecule has 0 saturated carbocycles. The zero-order valence-electron chi connectivity index (χ0n) is 18.0. The van der Waals surface area contributed by atoms with Gasteiger partial charge < -0.3 is 25.4 Å². The molecular weight excluding hydrogens is 390 g/mol. The lowest BCUT2D eigenvalue weighted by Gasteiger charge is -2.24. The molecular formula is C24H29N5O2. The van der Waals surface area contributed by atoms with E-state index in [1.54, 1.807) is 6.20 Å². The van der Waals surface area contributed by atoms with Crippen LogP contribution in [0.5, 0.6) is 5.75 Å². The van der Waals surface area contributed by atoms with Gasteiger partial charge in [-0.15, -0.1) is 0 Å². The molecule has 1 aliphatic heterocycles. The van der Waals surface area contributed by atoms with Crippen LogP contribution in [-0.4, -0.2) is 48.3 Å². The zero-order chi connectivity index (χ0) is 21.6. The van der Waals surface area contributed by atoms with Gasteiger partial charge in [-0.25, -0.2) is 9.97 Å². The predicted molar refractivity (Wildman–Crippen MR) is 123 cm³/mol. The number of nitrogen functional groups attached to an aromatic ring is 1. The highest BCUT2D eigenvalue weighted by atomic mass is 16.5. The third kappa shape index (κ3) is 5.71. The molecule has 7 heteroatoms. The lowest BCUT2D eigenvalue weighted by Crippen LogP contribution is -2.26. The fourth-order valence-corrected chi connectivity index (χ4v) is 3.62. The Morgan fingerprint density at radius 2 is 1.71 bits per heavy atom. The molecule has 0 unspecified atom stereocenters. The molecule has 162 valence electrons. The van der Waals surface area contributed by atoms with Crippen molar-refractivity contribution in [2.75, 3.05) is 38.4 Å². The molecule has 3 N–H and O–H groups in total. The number of nitrogens with two attached hydrogens (primary N) is 1. The van der Waals surface area contributed by atoms with E-state index in [4.69, 9.17) is 15.2 Å². The number of nitrogens with one attached hydrogen (secondary N) is 1. The molecule has 2 aromatic heterocycles. The van der Waals surface area contributed by atoms with Crippen molar-refractivity contribution in [2.45, 2.75) is 25.5 Å². The van der Waals surface area contributed by atoms with E-state index in [-0.39, 0.29) is 6.10 Å². The van der Waals surface area contributed by atoms with E-state index >= 15 is 0 Å². The first-order valence-corrected chi connectivity index (χ1v) is 10.5. The Bertz CT molecular complexity index is 1020. The van der Waals surface area contributed by atoms with Crippen molar-refractivity contribution in [2.24, 2.45) is 0 Å². The summed E-state index contributed by atoms with van der Waals surface area (Å²) in [5.41, 5.74) is 10.1. The van der Waals surface area contributed by atoms with Gasteiger partial charge in [-0.2, -0.15) is 0 Å². The van der Waals surface area contributed by atoms with Crippen molar-refractivity contribution >= 4 is 17.3 Å². The van der Waals surface area contributed by atoms with Gasteiger partial charge in [0.15, 0.2) is 0 Å². The monoisotopic (exact) mass is 419 g/mol. The molecule has 4 rings (SSSR count). The maximum absolute atomic E-state index is 6.29. The SMILES string of the molecule is CN(C)Cc1ccnc(Nc2cc(-c3ccc(OC4CCOCC4)c(N)c3)ccn2)c1. The fraction of sp³-hybridized carbons (Fsp3) is 0.333. The van der Waals surface area contributed by atoms with Gasteiger partial charge >= 0.3 is 0 Å². The molecule has 0 spiro atoms. The van der Waals surface area contributed by atoms with Crippen molar-refractivity contribution in [3.8, 4) is 16.9 Å². The van der Waals surface area contributed by atoms with Crippen LogP contribution in [0, 0.1) is 0 Å². The van der Waals surface area contributed by atoms with Gasteiger partial charge in [0.05, 0.1) is 18.9 Å². The van der Waals surface area contributed by atoms with Crippen molar-refractivity contribution in [3.63, 3.8) is 0 Å². The number of hydrogen-bond donors (Lipinski definition) is 2. The van der Waals surface area contributed by atoms with Crippen molar-refractivity contribution < 1.29 is 9.47 Å². The quantitative estimate of drug-likeness (QED) is 0.558. The Morgan fingerprint density at radius 1 is 1.00 bits per heavy atom. The number of pyridine rings is 2. The molecule has 3 aromatic rings. The average Bonchev–Trinajstić information content (AvgIpc) is 2.76. The number of hydrogen-bond acceptors (Lipinski definition) is 7. The summed E-state index contributed by atoms with van der Waals surface area (Å²) in [5.74, 6) is 2.22. The fourth-order valence-electron chi connectivity index (χ4n) is 3.62. The zero-order valence-corrected chi connectivity index (χ0v) is 18.0. The second-order valence-corrected chi connectivity index (χ2v) is 8.02. The Labute approximate surface area is 183 Å². The summed E-state index contributed by atoms with van der Waals surface area (Å²) in [4.78, 5) is 11.0. The van der Waals surface area contributed by atoms with Gasteiger partial charge in [0.25, 0.3) is 0 Å². The van der Waals surface area contributed by atoms with Gasteiger partial charge in [0.2, 0.25) is 0 Å². The predicted octanol–water partition coefficient (Wildman–Crippen LogP) is 4.09. The van der Waals surface area contributed by atoms with Crippen LogP contribution < -0.4 is 15.8 Å². The maximum Gasteiger partial charge on any atom is 0.142 e. The molecule has 7 nitrogen and oxygen atoms in total. The largest absolute Gasteiger partial charge is 0.488 e. The molecule has 0 aliphatic carbocycles. The average molecular weight is 420 g/mol. The lowest BCUT2D eigenvalue weighted by atomic mass is 10.1. The molecule has 0 bridgehead atoms. The number of rotatable bonds is 7. The van der Waals surface area contributed by atoms with Crippen LogP contribution in [0.1, 0.15) is 18.4 Å². The van der Waals surface area contributed by atoms with Gasteiger partial charge in [-0.1, -0.05) is 6.07 Å². The molecule has 0 radical (unpaired) electrons. The number of ether oxygens (including phenoxy) is 2. The second-order valence-electron chi connectivity index (χ2n) is 8.02. The Kier molecular flexibility index (Phi) is 6.64. The third-order valence-corrected chi connectivity index (χ3v) is 5.14. The minimum Gasteiger partial charge on any atom is -0.488 e. The maximum atomic E-state index is 6.29. The number of anilines is 3. The topological polar surface area (TPSA) is 85.5 Å². The summed E-state index contributed by atoms with van der Waals surface area (Å²) in [6.07, 6.45) is 5.54. The smallest absolute Gasteiger partial charge is 0.142 e. The molecule has 1 aliphatic rings. The van der Waals surface area contributed by atoms with E-state index < -0.39 is 0 Å². The first-order valence-electron chi connectivity index (χ1n) is 10.5. The van der Waals surface area contributed by atoms with E-state index in [0.717, 1.165) is 61.1 Å². The van der Waals surface area contributed by atoms with Crippen molar-refractivity contribution in [3.05, 3.63) is 60.4 Å². The molecule has 1 aromatic carbocycles. The Balaban J connectivity index is 1.48. The van der Waals surface area contributed by atoms with E-state index in [1.165, 1.54) is 5.56 Å². The number of aromatic nitrogens is 2. The highest BCUT2D eigenvalue weighted by molar-refractivity contribution is 5.73. The molecule has 3 heterocycles. The van der Waals surface area contributed by atoms with Gasteiger partial charge in [0.1, 0.15) is 23.5 Å². The van der Waals surface area contributed by atoms with Crippen LogP contribution in [0.2, 0.25) is 0 Å². The molecule has 1 fully saturated rings. The van der Waals surface area contributed by atoms with E-state index in [1.807, 2.05) is 62.8 Å². The van der Waals surface area contributed by atoms with E-state index in [0.29, 0.717) is 5.69 Å². The van der Waals surface area contributed by atoms with Crippen LogP contribution in [0.4, 0.5) is 17.3 Å². The van der Waals surface area contributed by atoms with Crippen LogP contribution in [0.3, 0.4) is 0 Å². The molecule has 0 atom stereocenters. The van der Waals surface area contributed by atoms with Crippen LogP contribution in [-0.2, 0) is 11.3 Å². The Hall–Kier alpha value is -3.16. The van der Waals surface area contributed by atoms with Gasteiger partial charge in [-0.05, 0) is 67.2 Å². The Morgan fingerprint density at radius 3 is 2.45 bits per heavy atom. The lowest BCUT2D eigenvalue weighted by molar-refractivity contribution is 0.0259. The number of nitrogens with zero attached hydrogens (tertiary/aromatic N) is 3. The van der Waals surface area contributed by atoms with Crippen molar-refractivity contribution in [1.82, 2.24) is 14.9 Å². The summed E-state index contributed by atoms with van der Waals surface area (Å²) in [7, 11) is 4.09. The minimum absolute atomic E-state index is 0.161. The molecule has 1 saturated heterocycles. The van der Waals surface area contributed by atoms with Crippen LogP contribution in [0.15, 0.2) is 54.9 Å². The van der Waals surface area contributed by atoms with E-state index in [9.17, 15) is 0 Å². The first-order chi connectivity index (χ1) is 15.1. The summed E-state index contributed by atoms with van der Waals surface area (Å²) in [6.45, 7) is 2.33. The first kappa shape index (κ1) is 21.1. The minimum atomic E-state index is 0.161. The highest BCUT2D eigenvalue weighted by Crippen LogP contribution is 2.31. The highest BCUT2D eigenvalue weighted by Gasteiger charge is 2.16. The summed E-state index contributed by atoms with van der Waals surface area (Å²) < 4.78 is 11.5. The summed E-state index contributed by atoms with van der Waals surface area (Å²) in [6, 6.07) is 13.9. The normalized spacial score (nSPS) is 14.5. The van der Waals surface area contributed by atoms with Gasteiger partial charge in [-0.3, -0.25) is 0 Å². The van der Waals surface area contributed by atoms with Crippen molar-refractivity contribution in [1.29, 1.82) is 0 Å². The van der Waals surface area contributed by atoms with Gasteiger partial charge in [0, 0.05) is 31.8 Å². The third-order valence-electron chi connectivity index (χ3n) is 5.14.